The smallest absolute Gasteiger partial charge is 0.227 e. The van der Waals surface area contributed by atoms with Crippen LogP contribution >= 0.6 is 0 Å². The van der Waals surface area contributed by atoms with Gasteiger partial charge in [-0.1, -0.05) is 0 Å². The first-order valence-electron chi connectivity index (χ1n) is 9.86. The molecule has 0 unspecified atom stereocenters. The number of nitrogens with zero attached hydrogens (tertiary/aromatic N) is 5. The van der Waals surface area contributed by atoms with Gasteiger partial charge in [-0.15, -0.1) is 0 Å². The van der Waals surface area contributed by atoms with Gasteiger partial charge >= 0.3 is 0 Å². The van der Waals surface area contributed by atoms with Crippen LogP contribution in [0.15, 0.2) is 41.3 Å². The van der Waals surface area contributed by atoms with Crippen molar-refractivity contribution in [3.05, 3.63) is 36.9 Å². The molecule has 8 nitrogen and oxygen atoms in total. The summed E-state index contributed by atoms with van der Waals surface area (Å²) in [5, 5.41) is 4.67. The van der Waals surface area contributed by atoms with Gasteiger partial charge in [0.15, 0.2) is 0 Å². The summed E-state index contributed by atoms with van der Waals surface area (Å²) in [6, 6.07) is 6.25. The number of nitrogens with one attached hydrogen (secondary N) is 1. The Kier molecular flexibility index (Phi) is 4.70. The minimum absolute atomic E-state index is 0.396. The van der Waals surface area contributed by atoms with E-state index in [4.69, 9.17) is 14.1 Å². The van der Waals surface area contributed by atoms with E-state index in [1.807, 2.05) is 30.6 Å². The van der Waals surface area contributed by atoms with Gasteiger partial charge in [-0.05, 0) is 31.0 Å². The first-order valence-corrected chi connectivity index (χ1v) is 9.86. The summed E-state index contributed by atoms with van der Waals surface area (Å²) in [4.78, 5) is 18.2. The average molecular weight is 380 g/mol. The number of hydrogen-bond acceptors (Lipinski definition) is 8. The summed E-state index contributed by atoms with van der Waals surface area (Å²) >= 11 is 0. The maximum Gasteiger partial charge on any atom is 0.227 e. The van der Waals surface area contributed by atoms with Gasteiger partial charge in [0.25, 0.3) is 0 Å². The molecule has 0 aliphatic carbocycles. The van der Waals surface area contributed by atoms with Crippen LogP contribution in [0.2, 0.25) is 0 Å². The molecule has 0 amide bonds. The number of morpholine rings is 1. The molecule has 2 aliphatic heterocycles. The Morgan fingerprint density at radius 3 is 2.61 bits per heavy atom. The maximum atomic E-state index is 5.51. The van der Waals surface area contributed by atoms with Crippen LogP contribution in [0.25, 0.3) is 11.0 Å². The second kappa shape index (κ2) is 7.63. The number of piperidine rings is 1. The van der Waals surface area contributed by atoms with Crippen molar-refractivity contribution >= 4 is 28.6 Å². The van der Waals surface area contributed by atoms with Gasteiger partial charge in [-0.2, -0.15) is 4.98 Å². The van der Waals surface area contributed by atoms with Crippen LogP contribution in [0, 0.1) is 0 Å². The van der Waals surface area contributed by atoms with Crippen molar-refractivity contribution in [1.29, 1.82) is 0 Å². The first-order chi connectivity index (χ1) is 13.9. The highest BCUT2D eigenvalue weighted by atomic mass is 16.5. The van der Waals surface area contributed by atoms with E-state index < -0.39 is 0 Å². The van der Waals surface area contributed by atoms with Crippen LogP contribution in [0.5, 0.6) is 0 Å². The fourth-order valence-electron chi connectivity index (χ4n) is 3.92. The van der Waals surface area contributed by atoms with Crippen LogP contribution in [0.4, 0.5) is 17.6 Å². The third-order valence-electron chi connectivity index (χ3n) is 5.44. The van der Waals surface area contributed by atoms with Gasteiger partial charge in [0.1, 0.15) is 17.2 Å². The van der Waals surface area contributed by atoms with Gasteiger partial charge in [-0.3, -0.25) is 0 Å². The number of furan rings is 1. The molecular formula is C20H24N6O2. The number of pyridine rings is 1. The molecule has 0 atom stereocenters. The zero-order chi connectivity index (χ0) is 18.8. The van der Waals surface area contributed by atoms with E-state index in [-0.39, 0.29) is 0 Å². The molecule has 1 N–H and O–H groups in total. The molecule has 8 heteroatoms. The van der Waals surface area contributed by atoms with Gasteiger partial charge in [0, 0.05) is 44.6 Å². The Morgan fingerprint density at radius 1 is 0.929 bits per heavy atom. The van der Waals surface area contributed by atoms with Crippen molar-refractivity contribution in [3.63, 3.8) is 0 Å². The normalized spacial score (nSPS) is 18.6. The second-order valence-corrected chi connectivity index (χ2v) is 7.21. The highest BCUT2D eigenvalue weighted by Gasteiger charge is 2.22. The van der Waals surface area contributed by atoms with Crippen LogP contribution in [-0.4, -0.2) is 60.4 Å². The van der Waals surface area contributed by atoms with Crippen molar-refractivity contribution in [1.82, 2.24) is 15.0 Å². The SMILES string of the molecule is c1cc(NC2CCN(c3nccc4occc34)CC2)nc(N2CCOCC2)n1. The number of hydrogen-bond donors (Lipinski definition) is 1. The molecule has 0 spiro atoms. The molecular weight excluding hydrogens is 356 g/mol. The van der Waals surface area contributed by atoms with E-state index in [2.05, 4.69) is 25.1 Å². The zero-order valence-corrected chi connectivity index (χ0v) is 15.8. The summed E-state index contributed by atoms with van der Waals surface area (Å²) in [6.45, 7) is 5.06. The summed E-state index contributed by atoms with van der Waals surface area (Å²) in [5.41, 5.74) is 0.891. The highest BCUT2D eigenvalue weighted by Crippen LogP contribution is 2.28. The third-order valence-corrected chi connectivity index (χ3v) is 5.44. The number of ether oxygens (including phenoxy) is 1. The van der Waals surface area contributed by atoms with Crippen molar-refractivity contribution in [2.24, 2.45) is 0 Å². The standard InChI is InChI=1S/C20H24N6O2/c1-6-21-19(16-5-12-28-17(1)16)25-8-3-15(4-9-25)23-18-2-7-22-20(24-18)26-10-13-27-14-11-26/h1-2,5-7,12,15H,3-4,8-11,13-14H2,(H,22,23,24). The molecule has 2 saturated heterocycles. The third kappa shape index (κ3) is 3.47. The maximum absolute atomic E-state index is 5.51. The molecule has 0 saturated carbocycles. The number of fused-ring (bicyclic) bond motifs is 1. The van der Waals surface area contributed by atoms with E-state index in [0.29, 0.717) is 6.04 Å². The van der Waals surface area contributed by atoms with Crippen molar-refractivity contribution < 1.29 is 9.15 Å². The van der Waals surface area contributed by atoms with E-state index in [9.17, 15) is 0 Å². The van der Waals surface area contributed by atoms with Gasteiger partial charge in [0.05, 0.1) is 24.9 Å². The lowest BCUT2D eigenvalue weighted by molar-refractivity contribution is 0.122. The van der Waals surface area contributed by atoms with E-state index >= 15 is 0 Å². The van der Waals surface area contributed by atoms with Crippen molar-refractivity contribution in [3.8, 4) is 0 Å². The Balaban J connectivity index is 1.22. The second-order valence-electron chi connectivity index (χ2n) is 7.21. The average Bonchev–Trinajstić information content (AvgIpc) is 3.24. The highest BCUT2D eigenvalue weighted by molar-refractivity contribution is 5.88. The predicted octanol–water partition coefficient (Wildman–Crippen LogP) is 2.54. The topological polar surface area (TPSA) is 79.5 Å². The first kappa shape index (κ1) is 17.2. The molecule has 146 valence electrons. The van der Waals surface area contributed by atoms with Crippen molar-refractivity contribution in [2.75, 3.05) is 54.5 Å². The number of anilines is 3. The van der Waals surface area contributed by atoms with Crippen LogP contribution in [0.1, 0.15) is 12.8 Å². The Morgan fingerprint density at radius 2 is 1.75 bits per heavy atom. The molecule has 3 aromatic heterocycles. The molecule has 28 heavy (non-hydrogen) atoms. The number of rotatable bonds is 4. The lowest BCUT2D eigenvalue weighted by Gasteiger charge is -2.33. The molecule has 2 fully saturated rings. The van der Waals surface area contributed by atoms with Crippen LogP contribution < -0.4 is 15.1 Å². The largest absolute Gasteiger partial charge is 0.464 e. The van der Waals surface area contributed by atoms with Crippen LogP contribution in [0.3, 0.4) is 0 Å². The van der Waals surface area contributed by atoms with Gasteiger partial charge in [0.2, 0.25) is 5.95 Å². The zero-order valence-electron chi connectivity index (χ0n) is 15.8. The van der Waals surface area contributed by atoms with E-state index in [0.717, 1.165) is 80.8 Å². The fourth-order valence-corrected chi connectivity index (χ4v) is 3.92. The minimum Gasteiger partial charge on any atom is -0.464 e. The van der Waals surface area contributed by atoms with E-state index in [1.54, 1.807) is 6.26 Å². The molecule has 3 aromatic rings. The molecule has 0 bridgehead atoms. The Labute approximate surface area is 163 Å². The van der Waals surface area contributed by atoms with Gasteiger partial charge in [-0.25, -0.2) is 9.97 Å². The monoisotopic (exact) mass is 380 g/mol. The van der Waals surface area contributed by atoms with Gasteiger partial charge < -0.3 is 24.3 Å². The predicted molar refractivity (Wildman–Crippen MR) is 108 cm³/mol. The molecule has 2 aliphatic rings. The summed E-state index contributed by atoms with van der Waals surface area (Å²) in [5.74, 6) is 2.69. The lowest BCUT2D eigenvalue weighted by atomic mass is 10.0. The Hall–Kier alpha value is -2.87. The lowest BCUT2D eigenvalue weighted by Crippen LogP contribution is -2.40. The quantitative estimate of drug-likeness (QED) is 0.740. The molecule has 5 rings (SSSR count). The molecule has 0 radical (unpaired) electrons. The minimum atomic E-state index is 0.396. The van der Waals surface area contributed by atoms with E-state index in [1.165, 1.54) is 0 Å². The summed E-state index contributed by atoms with van der Waals surface area (Å²) in [7, 11) is 0. The molecule has 5 heterocycles. The number of aromatic nitrogens is 3. The fraction of sp³-hybridized carbons (Fsp3) is 0.450. The molecule has 0 aromatic carbocycles. The van der Waals surface area contributed by atoms with Crippen LogP contribution in [-0.2, 0) is 4.74 Å². The summed E-state index contributed by atoms with van der Waals surface area (Å²) < 4.78 is 10.9. The summed E-state index contributed by atoms with van der Waals surface area (Å²) in [6.07, 6.45) is 7.45. The Bertz CT molecular complexity index is 931. The van der Waals surface area contributed by atoms with Crippen molar-refractivity contribution in [2.45, 2.75) is 18.9 Å².